The minimum absolute atomic E-state index is 0.447. The van der Waals surface area contributed by atoms with E-state index < -0.39 is 0 Å². The SMILES string of the molecule is COc1ccc(N(CCC#N)c2ccccc2)nc1. The van der Waals surface area contributed by atoms with E-state index in [2.05, 4.69) is 11.1 Å². The van der Waals surface area contributed by atoms with Gasteiger partial charge in [0.05, 0.1) is 25.8 Å². The molecule has 0 saturated carbocycles. The predicted octanol–water partition coefficient (Wildman–Crippen LogP) is 3.14. The van der Waals surface area contributed by atoms with Crippen LogP contribution >= 0.6 is 0 Å². The van der Waals surface area contributed by atoms with Gasteiger partial charge in [0.25, 0.3) is 0 Å². The summed E-state index contributed by atoms with van der Waals surface area (Å²) < 4.78 is 5.10. The van der Waals surface area contributed by atoms with Crippen LogP contribution < -0.4 is 9.64 Å². The second kappa shape index (κ2) is 6.41. The molecule has 0 unspecified atom stereocenters. The molecule has 0 N–H and O–H groups in total. The molecule has 0 saturated heterocycles. The molecule has 1 aromatic carbocycles. The van der Waals surface area contributed by atoms with Gasteiger partial charge in [-0.25, -0.2) is 4.98 Å². The van der Waals surface area contributed by atoms with E-state index in [1.165, 1.54) is 0 Å². The average molecular weight is 253 g/mol. The van der Waals surface area contributed by atoms with Crippen LogP contribution in [0.1, 0.15) is 6.42 Å². The molecule has 0 aliphatic heterocycles. The lowest BCUT2D eigenvalue weighted by Crippen LogP contribution is -2.19. The highest BCUT2D eigenvalue weighted by atomic mass is 16.5. The van der Waals surface area contributed by atoms with Gasteiger partial charge in [-0.15, -0.1) is 0 Å². The van der Waals surface area contributed by atoms with E-state index in [9.17, 15) is 0 Å². The first kappa shape index (κ1) is 12.9. The zero-order chi connectivity index (χ0) is 13.5. The summed E-state index contributed by atoms with van der Waals surface area (Å²) >= 11 is 0. The molecule has 0 aliphatic carbocycles. The van der Waals surface area contributed by atoms with Gasteiger partial charge >= 0.3 is 0 Å². The van der Waals surface area contributed by atoms with Crippen LogP contribution in [0, 0.1) is 11.3 Å². The summed E-state index contributed by atoms with van der Waals surface area (Å²) in [6.45, 7) is 0.611. The highest BCUT2D eigenvalue weighted by Gasteiger charge is 2.09. The molecule has 1 aromatic heterocycles. The summed E-state index contributed by atoms with van der Waals surface area (Å²) in [4.78, 5) is 6.39. The van der Waals surface area contributed by atoms with Crippen molar-refractivity contribution in [3.63, 3.8) is 0 Å². The number of aromatic nitrogens is 1. The Morgan fingerprint density at radius 2 is 2.00 bits per heavy atom. The lowest BCUT2D eigenvalue weighted by atomic mass is 10.2. The second-order valence-electron chi connectivity index (χ2n) is 3.95. The Morgan fingerprint density at radius 3 is 2.58 bits per heavy atom. The smallest absolute Gasteiger partial charge is 0.137 e. The van der Waals surface area contributed by atoms with E-state index in [0.29, 0.717) is 13.0 Å². The molecule has 2 rings (SSSR count). The molecule has 0 radical (unpaired) electrons. The van der Waals surface area contributed by atoms with Crippen LogP contribution in [0.15, 0.2) is 48.7 Å². The number of nitrogens with zero attached hydrogens (tertiary/aromatic N) is 3. The first-order chi connectivity index (χ1) is 9.35. The Hall–Kier alpha value is -2.54. The number of hydrogen-bond donors (Lipinski definition) is 0. The molecule has 0 spiro atoms. The van der Waals surface area contributed by atoms with Crippen molar-refractivity contribution in [2.75, 3.05) is 18.6 Å². The number of nitriles is 1. The van der Waals surface area contributed by atoms with Gasteiger partial charge in [0.15, 0.2) is 0 Å². The molecule has 4 nitrogen and oxygen atoms in total. The molecule has 19 heavy (non-hydrogen) atoms. The van der Waals surface area contributed by atoms with Gasteiger partial charge in [0.1, 0.15) is 11.6 Å². The first-order valence-corrected chi connectivity index (χ1v) is 6.04. The molecule has 0 fully saturated rings. The van der Waals surface area contributed by atoms with Crippen LogP contribution in [-0.4, -0.2) is 18.6 Å². The van der Waals surface area contributed by atoms with Crippen molar-refractivity contribution in [3.05, 3.63) is 48.7 Å². The minimum Gasteiger partial charge on any atom is -0.495 e. The Labute approximate surface area is 112 Å². The molecule has 2 aromatic rings. The maximum Gasteiger partial charge on any atom is 0.137 e. The summed E-state index contributed by atoms with van der Waals surface area (Å²) in [6.07, 6.45) is 2.13. The molecule has 4 heteroatoms. The topological polar surface area (TPSA) is 49.1 Å². The van der Waals surface area contributed by atoms with Crippen LogP contribution in [-0.2, 0) is 0 Å². The van der Waals surface area contributed by atoms with Gasteiger partial charge in [0, 0.05) is 12.2 Å². The highest BCUT2D eigenvalue weighted by Crippen LogP contribution is 2.24. The van der Waals surface area contributed by atoms with Gasteiger partial charge in [-0.2, -0.15) is 5.26 Å². The number of anilines is 2. The lowest BCUT2D eigenvalue weighted by molar-refractivity contribution is 0.413. The number of benzene rings is 1. The summed E-state index contributed by atoms with van der Waals surface area (Å²) in [7, 11) is 1.61. The van der Waals surface area contributed by atoms with Crippen molar-refractivity contribution < 1.29 is 4.74 Å². The van der Waals surface area contributed by atoms with Gasteiger partial charge in [-0.3, -0.25) is 0 Å². The Kier molecular flexibility index (Phi) is 4.35. The number of hydrogen-bond acceptors (Lipinski definition) is 4. The zero-order valence-corrected chi connectivity index (χ0v) is 10.8. The Balaban J connectivity index is 2.29. The molecule has 0 aliphatic rings. The summed E-state index contributed by atoms with van der Waals surface area (Å²) in [6, 6.07) is 15.8. The van der Waals surface area contributed by atoms with Crippen LogP contribution in [0.5, 0.6) is 5.75 Å². The molecular weight excluding hydrogens is 238 g/mol. The number of pyridine rings is 1. The quantitative estimate of drug-likeness (QED) is 0.821. The van der Waals surface area contributed by atoms with Crippen LogP contribution in [0.4, 0.5) is 11.5 Å². The van der Waals surface area contributed by atoms with Crippen LogP contribution in [0.2, 0.25) is 0 Å². The highest BCUT2D eigenvalue weighted by molar-refractivity contribution is 5.60. The fourth-order valence-electron chi connectivity index (χ4n) is 1.80. The van der Waals surface area contributed by atoms with Crippen molar-refractivity contribution >= 4 is 11.5 Å². The molecule has 0 amide bonds. The first-order valence-electron chi connectivity index (χ1n) is 6.04. The molecule has 1 heterocycles. The van der Waals surface area contributed by atoms with Crippen molar-refractivity contribution in [1.82, 2.24) is 4.98 Å². The number of para-hydroxylation sites is 1. The zero-order valence-electron chi connectivity index (χ0n) is 10.8. The maximum atomic E-state index is 8.77. The summed E-state index contributed by atoms with van der Waals surface area (Å²) in [5.41, 5.74) is 1.02. The molecule has 96 valence electrons. The van der Waals surface area contributed by atoms with Crippen molar-refractivity contribution in [3.8, 4) is 11.8 Å². The summed E-state index contributed by atoms with van der Waals surface area (Å²) in [5.74, 6) is 1.53. The third-order valence-corrected chi connectivity index (χ3v) is 2.75. The second-order valence-corrected chi connectivity index (χ2v) is 3.95. The van der Waals surface area contributed by atoms with E-state index in [4.69, 9.17) is 10.00 Å². The van der Waals surface area contributed by atoms with E-state index in [1.54, 1.807) is 13.3 Å². The summed E-state index contributed by atoms with van der Waals surface area (Å²) in [5, 5.41) is 8.77. The Morgan fingerprint density at radius 1 is 1.21 bits per heavy atom. The molecular formula is C15H15N3O. The van der Waals surface area contributed by atoms with Crippen molar-refractivity contribution in [2.24, 2.45) is 0 Å². The van der Waals surface area contributed by atoms with E-state index in [1.807, 2.05) is 47.4 Å². The van der Waals surface area contributed by atoms with E-state index >= 15 is 0 Å². The fraction of sp³-hybridized carbons (Fsp3) is 0.200. The van der Waals surface area contributed by atoms with E-state index in [-0.39, 0.29) is 0 Å². The van der Waals surface area contributed by atoms with Crippen LogP contribution in [0.3, 0.4) is 0 Å². The lowest BCUT2D eigenvalue weighted by Gasteiger charge is -2.22. The van der Waals surface area contributed by atoms with E-state index in [0.717, 1.165) is 17.3 Å². The monoisotopic (exact) mass is 253 g/mol. The maximum absolute atomic E-state index is 8.77. The van der Waals surface area contributed by atoms with Crippen molar-refractivity contribution in [1.29, 1.82) is 5.26 Å². The largest absolute Gasteiger partial charge is 0.495 e. The van der Waals surface area contributed by atoms with Crippen molar-refractivity contribution in [2.45, 2.75) is 6.42 Å². The van der Waals surface area contributed by atoms with Gasteiger partial charge in [0.2, 0.25) is 0 Å². The minimum atomic E-state index is 0.447. The van der Waals surface area contributed by atoms with Gasteiger partial charge in [-0.1, -0.05) is 18.2 Å². The standard InChI is InChI=1S/C15H15N3O/c1-19-14-8-9-15(17-12-14)18(11-5-10-16)13-6-3-2-4-7-13/h2-4,6-9,12H,5,11H2,1H3. The number of rotatable bonds is 5. The third kappa shape index (κ3) is 3.23. The third-order valence-electron chi connectivity index (χ3n) is 2.75. The Bertz CT molecular complexity index is 546. The fourth-order valence-corrected chi connectivity index (χ4v) is 1.80. The number of ether oxygens (including phenoxy) is 1. The van der Waals surface area contributed by atoms with Gasteiger partial charge < -0.3 is 9.64 Å². The van der Waals surface area contributed by atoms with Gasteiger partial charge in [-0.05, 0) is 24.3 Å². The predicted molar refractivity (Wildman–Crippen MR) is 74.5 cm³/mol. The van der Waals surface area contributed by atoms with Crippen LogP contribution in [0.25, 0.3) is 0 Å². The average Bonchev–Trinajstić information content (AvgIpc) is 2.49. The normalized spacial score (nSPS) is 9.68. The molecule has 0 bridgehead atoms. The number of methoxy groups -OCH3 is 1. The molecule has 0 atom stereocenters.